The highest BCUT2D eigenvalue weighted by Gasteiger charge is 1.98. The van der Waals surface area contributed by atoms with Crippen molar-refractivity contribution in [1.29, 1.82) is 0 Å². The first-order valence-corrected chi connectivity index (χ1v) is 2.34. The number of nitrogens with one attached hydrogen (secondary N) is 1. The van der Waals surface area contributed by atoms with Gasteiger partial charge in [0.05, 0.1) is 5.69 Å². The topological polar surface area (TPSA) is 58.9 Å². The number of aromatic nitrogens is 1. The minimum absolute atomic E-state index is 0.126. The molecule has 0 aliphatic heterocycles. The lowest BCUT2D eigenvalue weighted by Crippen LogP contribution is -2.11. The highest BCUT2D eigenvalue weighted by molar-refractivity contribution is 5.35. The molecule has 1 rings (SSSR count). The Morgan fingerprint density at radius 2 is 2.33 bits per heavy atom. The molecule has 0 bridgehead atoms. The van der Waals surface area contributed by atoms with Gasteiger partial charge < -0.3 is 10.7 Å². The van der Waals surface area contributed by atoms with Crippen LogP contribution >= 0.6 is 0 Å². The molecule has 4 heteroatoms. The third kappa shape index (κ3) is 0.910. The minimum Gasteiger partial charge on any atom is -0.396 e. The van der Waals surface area contributed by atoms with Crippen molar-refractivity contribution >= 4 is 5.69 Å². The third-order valence-corrected chi connectivity index (χ3v) is 0.930. The Hall–Kier alpha value is -1.32. The summed E-state index contributed by atoms with van der Waals surface area (Å²) in [5, 5.41) is 0. The van der Waals surface area contributed by atoms with E-state index >= 15 is 0 Å². The molecule has 0 fully saturated rings. The van der Waals surface area contributed by atoms with E-state index in [1.807, 2.05) is 0 Å². The van der Waals surface area contributed by atoms with Gasteiger partial charge in [-0.25, -0.2) is 0 Å². The SMILES string of the molecule is Nc1cc[nH]c(=O)c1F. The fourth-order valence-electron chi connectivity index (χ4n) is 0.475. The Morgan fingerprint density at radius 3 is 2.78 bits per heavy atom. The molecular weight excluding hydrogens is 123 g/mol. The van der Waals surface area contributed by atoms with Crippen LogP contribution in [0.2, 0.25) is 0 Å². The summed E-state index contributed by atoms with van der Waals surface area (Å²) in [7, 11) is 0. The van der Waals surface area contributed by atoms with Crippen LogP contribution in [0.1, 0.15) is 0 Å². The number of hydrogen-bond donors (Lipinski definition) is 2. The molecule has 9 heavy (non-hydrogen) atoms. The predicted octanol–water partition coefficient (Wildman–Crippen LogP) is 0.0962. The number of aromatic amines is 1. The molecule has 48 valence electrons. The molecule has 0 aromatic carbocycles. The fourth-order valence-corrected chi connectivity index (χ4v) is 0.475. The Morgan fingerprint density at radius 1 is 1.67 bits per heavy atom. The molecule has 1 aromatic heterocycles. The van der Waals surface area contributed by atoms with Crippen LogP contribution < -0.4 is 11.3 Å². The lowest BCUT2D eigenvalue weighted by Gasteiger charge is -1.89. The van der Waals surface area contributed by atoms with Gasteiger partial charge in [-0.2, -0.15) is 4.39 Å². The molecule has 1 heterocycles. The number of H-pyrrole nitrogens is 1. The molecule has 3 nitrogen and oxygen atoms in total. The number of nitrogens with two attached hydrogens (primary N) is 1. The van der Waals surface area contributed by atoms with Crippen LogP contribution in [0, 0.1) is 5.82 Å². The summed E-state index contributed by atoms with van der Waals surface area (Å²) in [6, 6.07) is 1.29. The average molecular weight is 128 g/mol. The maximum Gasteiger partial charge on any atom is 0.286 e. The summed E-state index contributed by atoms with van der Waals surface area (Å²) in [5.41, 5.74) is 4.12. The van der Waals surface area contributed by atoms with Crippen molar-refractivity contribution in [3.63, 3.8) is 0 Å². The Labute approximate surface area is 50.3 Å². The van der Waals surface area contributed by atoms with E-state index in [0.29, 0.717) is 0 Å². The van der Waals surface area contributed by atoms with Crippen LogP contribution in [0.25, 0.3) is 0 Å². The Kier molecular flexibility index (Phi) is 1.22. The van der Waals surface area contributed by atoms with Gasteiger partial charge in [-0.1, -0.05) is 0 Å². The quantitative estimate of drug-likeness (QED) is 0.520. The van der Waals surface area contributed by atoms with Gasteiger partial charge in [0, 0.05) is 6.20 Å². The van der Waals surface area contributed by atoms with Gasteiger partial charge >= 0.3 is 0 Å². The molecule has 0 radical (unpaired) electrons. The molecular formula is C5H5FN2O. The molecule has 0 unspecified atom stereocenters. The van der Waals surface area contributed by atoms with E-state index in [-0.39, 0.29) is 5.69 Å². The number of pyridine rings is 1. The van der Waals surface area contributed by atoms with Crippen molar-refractivity contribution in [3.8, 4) is 0 Å². The first kappa shape index (κ1) is 5.81. The fraction of sp³-hybridized carbons (Fsp3) is 0. The van der Waals surface area contributed by atoms with Crippen LogP contribution in [-0.4, -0.2) is 4.98 Å². The van der Waals surface area contributed by atoms with E-state index in [9.17, 15) is 9.18 Å². The van der Waals surface area contributed by atoms with E-state index in [1.54, 1.807) is 0 Å². The summed E-state index contributed by atoms with van der Waals surface area (Å²) in [5.74, 6) is -0.919. The van der Waals surface area contributed by atoms with Crippen molar-refractivity contribution in [2.45, 2.75) is 0 Å². The molecule has 0 saturated heterocycles. The van der Waals surface area contributed by atoms with Crippen molar-refractivity contribution < 1.29 is 4.39 Å². The lowest BCUT2D eigenvalue weighted by molar-refractivity contribution is 0.613. The summed E-state index contributed by atoms with van der Waals surface area (Å²) in [4.78, 5) is 12.5. The number of hydrogen-bond acceptors (Lipinski definition) is 2. The van der Waals surface area contributed by atoms with Crippen molar-refractivity contribution in [2.75, 3.05) is 5.73 Å². The van der Waals surface area contributed by atoms with Gasteiger partial charge in [0.2, 0.25) is 5.82 Å². The van der Waals surface area contributed by atoms with Crippen LogP contribution in [0.15, 0.2) is 17.1 Å². The zero-order chi connectivity index (χ0) is 6.85. The van der Waals surface area contributed by atoms with E-state index < -0.39 is 11.4 Å². The number of anilines is 1. The smallest absolute Gasteiger partial charge is 0.286 e. The number of halogens is 1. The van der Waals surface area contributed by atoms with Gasteiger partial charge in [-0.3, -0.25) is 4.79 Å². The summed E-state index contributed by atoms with van der Waals surface area (Å²) in [6.07, 6.45) is 1.29. The number of nitrogen functional groups attached to an aromatic ring is 1. The second kappa shape index (κ2) is 1.89. The van der Waals surface area contributed by atoms with Gasteiger partial charge in [-0.15, -0.1) is 0 Å². The molecule has 0 saturated carbocycles. The highest BCUT2D eigenvalue weighted by Crippen LogP contribution is 1.98. The second-order valence-corrected chi connectivity index (χ2v) is 1.58. The molecule has 0 atom stereocenters. The van der Waals surface area contributed by atoms with E-state index in [4.69, 9.17) is 5.73 Å². The molecule has 1 aromatic rings. The normalized spacial score (nSPS) is 9.44. The lowest BCUT2D eigenvalue weighted by atomic mass is 10.4. The van der Waals surface area contributed by atoms with Gasteiger partial charge in [0.1, 0.15) is 0 Å². The summed E-state index contributed by atoms with van der Waals surface area (Å²) < 4.78 is 12.3. The second-order valence-electron chi connectivity index (χ2n) is 1.58. The average Bonchev–Trinajstić information content (AvgIpc) is 1.83. The van der Waals surface area contributed by atoms with E-state index in [2.05, 4.69) is 4.98 Å². The summed E-state index contributed by atoms with van der Waals surface area (Å²) >= 11 is 0. The van der Waals surface area contributed by atoms with E-state index in [0.717, 1.165) is 0 Å². The third-order valence-electron chi connectivity index (χ3n) is 0.930. The first-order valence-electron chi connectivity index (χ1n) is 2.34. The molecule has 0 amide bonds. The standard InChI is InChI=1S/C5H5FN2O/c6-4-3(7)1-2-8-5(4)9/h1-2H,(H3,7,8,9). The van der Waals surface area contributed by atoms with Crippen molar-refractivity contribution in [1.82, 2.24) is 4.98 Å². The minimum atomic E-state index is -0.919. The van der Waals surface area contributed by atoms with Crippen molar-refractivity contribution in [2.24, 2.45) is 0 Å². The van der Waals surface area contributed by atoms with Crippen molar-refractivity contribution in [3.05, 3.63) is 28.4 Å². The molecule has 0 aliphatic carbocycles. The molecule has 3 N–H and O–H groups in total. The van der Waals surface area contributed by atoms with Crippen LogP contribution in [0.5, 0.6) is 0 Å². The monoisotopic (exact) mass is 128 g/mol. The Bertz CT molecular complexity index is 268. The van der Waals surface area contributed by atoms with E-state index in [1.165, 1.54) is 12.3 Å². The molecule has 0 aliphatic rings. The predicted molar refractivity (Wildman–Crippen MR) is 31.4 cm³/mol. The van der Waals surface area contributed by atoms with Gasteiger partial charge in [0.25, 0.3) is 5.56 Å². The zero-order valence-electron chi connectivity index (χ0n) is 4.52. The number of rotatable bonds is 0. The largest absolute Gasteiger partial charge is 0.396 e. The van der Waals surface area contributed by atoms with Gasteiger partial charge in [0.15, 0.2) is 0 Å². The van der Waals surface area contributed by atoms with Crippen LogP contribution in [0.4, 0.5) is 10.1 Å². The van der Waals surface area contributed by atoms with Crippen LogP contribution in [-0.2, 0) is 0 Å². The Balaban J connectivity index is 3.43. The first-order chi connectivity index (χ1) is 4.22. The maximum absolute atomic E-state index is 12.3. The highest BCUT2D eigenvalue weighted by atomic mass is 19.1. The maximum atomic E-state index is 12.3. The summed E-state index contributed by atoms with van der Waals surface area (Å²) in [6.45, 7) is 0. The van der Waals surface area contributed by atoms with Crippen LogP contribution in [0.3, 0.4) is 0 Å². The molecule has 0 spiro atoms. The van der Waals surface area contributed by atoms with Gasteiger partial charge in [-0.05, 0) is 6.07 Å². The zero-order valence-corrected chi connectivity index (χ0v) is 4.52.